The number of piperazine rings is 1. The largest absolute Gasteiger partial charge is 0.336 e. The lowest BCUT2D eigenvalue weighted by Gasteiger charge is -2.35. The molecule has 4 heteroatoms. The van der Waals surface area contributed by atoms with E-state index in [4.69, 9.17) is 0 Å². The van der Waals surface area contributed by atoms with Crippen molar-refractivity contribution in [3.05, 3.63) is 69.7 Å². The molecular weight excluding hydrogens is 352 g/mol. The Hall–Kier alpha value is -1.65. The summed E-state index contributed by atoms with van der Waals surface area (Å²) in [6, 6.07) is 16.3. The fourth-order valence-corrected chi connectivity index (χ4v) is 3.44. The van der Waals surface area contributed by atoms with Gasteiger partial charge in [0.15, 0.2) is 0 Å². The Morgan fingerprint density at radius 2 is 1.78 bits per heavy atom. The molecule has 0 radical (unpaired) electrons. The van der Waals surface area contributed by atoms with Gasteiger partial charge >= 0.3 is 0 Å². The minimum Gasteiger partial charge on any atom is -0.336 e. The molecule has 1 saturated heterocycles. The Bertz CT molecular complexity index is 693. The Labute approximate surface area is 146 Å². The number of nitrogens with zero attached hydrogens (tertiary/aromatic N) is 2. The van der Waals surface area contributed by atoms with E-state index in [-0.39, 0.29) is 5.91 Å². The maximum atomic E-state index is 12.6. The van der Waals surface area contributed by atoms with E-state index in [2.05, 4.69) is 52.0 Å². The smallest absolute Gasteiger partial charge is 0.255 e. The van der Waals surface area contributed by atoms with Gasteiger partial charge in [0, 0.05) is 37.2 Å². The molecule has 0 atom stereocenters. The SMILES string of the molecule is Cc1cccc(CN2CCN(C(=O)c3ccccc3Br)CC2)c1. The third-order valence-electron chi connectivity index (χ3n) is 4.25. The second kappa shape index (κ2) is 7.28. The molecule has 1 aliphatic rings. The van der Waals surface area contributed by atoms with Crippen LogP contribution in [0.4, 0.5) is 0 Å². The number of amides is 1. The standard InChI is InChI=1S/C19H21BrN2O/c1-15-5-4-6-16(13-15)14-21-9-11-22(12-10-21)19(23)17-7-2-3-8-18(17)20/h2-8,13H,9-12,14H2,1H3. The second-order valence-corrected chi connectivity index (χ2v) is 6.89. The summed E-state index contributed by atoms with van der Waals surface area (Å²) < 4.78 is 0.868. The van der Waals surface area contributed by atoms with Gasteiger partial charge in [-0.3, -0.25) is 9.69 Å². The highest BCUT2D eigenvalue weighted by molar-refractivity contribution is 9.10. The van der Waals surface area contributed by atoms with Gasteiger partial charge < -0.3 is 4.90 Å². The molecule has 1 fully saturated rings. The predicted molar refractivity (Wildman–Crippen MR) is 96.5 cm³/mol. The maximum absolute atomic E-state index is 12.6. The average Bonchev–Trinajstić information content (AvgIpc) is 2.55. The maximum Gasteiger partial charge on any atom is 0.255 e. The highest BCUT2D eigenvalue weighted by Gasteiger charge is 2.23. The van der Waals surface area contributed by atoms with E-state index >= 15 is 0 Å². The molecule has 3 nitrogen and oxygen atoms in total. The molecule has 120 valence electrons. The van der Waals surface area contributed by atoms with Crippen LogP contribution in [0, 0.1) is 6.92 Å². The third-order valence-corrected chi connectivity index (χ3v) is 4.94. The lowest BCUT2D eigenvalue weighted by Crippen LogP contribution is -2.48. The van der Waals surface area contributed by atoms with Crippen molar-refractivity contribution in [1.29, 1.82) is 0 Å². The summed E-state index contributed by atoms with van der Waals surface area (Å²) in [6.45, 7) is 6.49. The topological polar surface area (TPSA) is 23.6 Å². The Morgan fingerprint density at radius 3 is 2.48 bits per heavy atom. The molecule has 0 spiro atoms. The summed E-state index contributed by atoms with van der Waals surface area (Å²) in [5.41, 5.74) is 3.39. The Kier molecular flexibility index (Phi) is 5.13. The molecule has 0 aromatic heterocycles. The Balaban J connectivity index is 1.58. The monoisotopic (exact) mass is 372 g/mol. The molecule has 0 unspecified atom stereocenters. The summed E-state index contributed by atoms with van der Waals surface area (Å²) in [4.78, 5) is 17.0. The van der Waals surface area contributed by atoms with Gasteiger partial charge in [-0.25, -0.2) is 0 Å². The number of benzene rings is 2. The van der Waals surface area contributed by atoms with Crippen molar-refractivity contribution >= 4 is 21.8 Å². The van der Waals surface area contributed by atoms with Crippen molar-refractivity contribution in [2.45, 2.75) is 13.5 Å². The van der Waals surface area contributed by atoms with Crippen LogP contribution in [-0.4, -0.2) is 41.9 Å². The first-order valence-electron chi connectivity index (χ1n) is 7.95. The summed E-state index contributed by atoms with van der Waals surface area (Å²) in [7, 11) is 0. The van der Waals surface area contributed by atoms with Crippen LogP contribution in [0.15, 0.2) is 53.0 Å². The molecule has 1 heterocycles. The van der Waals surface area contributed by atoms with Gasteiger partial charge in [-0.05, 0) is 40.5 Å². The van der Waals surface area contributed by atoms with Gasteiger partial charge in [-0.15, -0.1) is 0 Å². The molecule has 0 N–H and O–H groups in total. The summed E-state index contributed by atoms with van der Waals surface area (Å²) >= 11 is 3.47. The van der Waals surface area contributed by atoms with Crippen LogP contribution in [0.2, 0.25) is 0 Å². The first kappa shape index (κ1) is 16.2. The molecule has 1 amide bonds. The lowest BCUT2D eigenvalue weighted by atomic mass is 10.1. The first-order chi connectivity index (χ1) is 11.1. The van der Waals surface area contributed by atoms with Gasteiger partial charge in [0.25, 0.3) is 5.91 Å². The normalized spacial score (nSPS) is 15.7. The minimum absolute atomic E-state index is 0.118. The zero-order valence-electron chi connectivity index (χ0n) is 13.3. The highest BCUT2D eigenvalue weighted by atomic mass is 79.9. The first-order valence-corrected chi connectivity index (χ1v) is 8.74. The van der Waals surface area contributed by atoms with Crippen molar-refractivity contribution in [2.24, 2.45) is 0 Å². The van der Waals surface area contributed by atoms with Crippen molar-refractivity contribution in [1.82, 2.24) is 9.80 Å². The number of halogens is 1. The van der Waals surface area contributed by atoms with Gasteiger partial charge in [-0.1, -0.05) is 42.0 Å². The molecule has 1 aliphatic heterocycles. The second-order valence-electron chi connectivity index (χ2n) is 6.04. The number of hydrogen-bond donors (Lipinski definition) is 0. The molecule has 2 aromatic carbocycles. The van der Waals surface area contributed by atoms with Crippen molar-refractivity contribution < 1.29 is 4.79 Å². The molecule has 0 saturated carbocycles. The average molecular weight is 373 g/mol. The van der Waals surface area contributed by atoms with Crippen LogP contribution in [0.25, 0.3) is 0 Å². The molecule has 2 aromatic rings. The van der Waals surface area contributed by atoms with E-state index in [1.807, 2.05) is 29.2 Å². The number of aryl methyl sites for hydroxylation is 1. The van der Waals surface area contributed by atoms with Crippen LogP contribution in [0.3, 0.4) is 0 Å². The van der Waals surface area contributed by atoms with E-state index in [1.165, 1.54) is 11.1 Å². The van der Waals surface area contributed by atoms with Crippen molar-refractivity contribution in [3.8, 4) is 0 Å². The number of rotatable bonds is 3. The van der Waals surface area contributed by atoms with Gasteiger partial charge in [0.05, 0.1) is 5.56 Å². The van der Waals surface area contributed by atoms with Crippen molar-refractivity contribution in [2.75, 3.05) is 26.2 Å². The van der Waals surface area contributed by atoms with E-state index < -0.39 is 0 Å². The van der Waals surface area contributed by atoms with Gasteiger partial charge in [-0.2, -0.15) is 0 Å². The minimum atomic E-state index is 0.118. The van der Waals surface area contributed by atoms with E-state index in [0.29, 0.717) is 0 Å². The molecule has 23 heavy (non-hydrogen) atoms. The number of carbonyl (C=O) groups is 1. The third kappa shape index (κ3) is 4.01. The zero-order valence-corrected chi connectivity index (χ0v) is 14.9. The quantitative estimate of drug-likeness (QED) is 0.819. The van der Waals surface area contributed by atoms with E-state index in [1.54, 1.807) is 0 Å². The zero-order chi connectivity index (χ0) is 16.2. The van der Waals surface area contributed by atoms with Crippen LogP contribution in [0.5, 0.6) is 0 Å². The summed E-state index contributed by atoms with van der Waals surface area (Å²) in [5, 5.41) is 0. The van der Waals surface area contributed by atoms with Crippen LogP contribution in [0.1, 0.15) is 21.5 Å². The number of carbonyl (C=O) groups excluding carboxylic acids is 1. The summed E-state index contributed by atoms with van der Waals surface area (Å²) in [5.74, 6) is 0.118. The lowest BCUT2D eigenvalue weighted by molar-refractivity contribution is 0.0627. The molecule has 0 aliphatic carbocycles. The van der Waals surface area contributed by atoms with Gasteiger partial charge in [0.1, 0.15) is 0 Å². The van der Waals surface area contributed by atoms with Gasteiger partial charge in [0.2, 0.25) is 0 Å². The van der Waals surface area contributed by atoms with E-state index in [0.717, 1.165) is 42.8 Å². The molecular formula is C19H21BrN2O. The highest BCUT2D eigenvalue weighted by Crippen LogP contribution is 2.19. The predicted octanol–water partition coefficient (Wildman–Crippen LogP) is 3.72. The Morgan fingerprint density at radius 1 is 1.04 bits per heavy atom. The summed E-state index contributed by atoms with van der Waals surface area (Å²) in [6.07, 6.45) is 0. The van der Waals surface area contributed by atoms with Crippen molar-refractivity contribution in [3.63, 3.8) is 0 Å². The van der Waals surface area contributed by atoms with Crippen LogP contribution in [-0.2, 0) is 6.54 Å². The fraction of sp³-hybridized carbons (Fsp3) is 0.316. The van der Waals surface area contributed by atoms with E-state index in [9.17, 15) is 4.79 Å². The number of hydrogen-bond acceptors (Lipinski definition) is 2. The van der Waals surface area contributed by atoms with Crippen LogP contribution >= 0.6 is 15.9 Å². The molecule has 0 bridgehead atoms. The molecule has 3 rings (SSSR count). The van der Waals surface area contributed by atoms with Crippen LogP contribution < -0.4 is 0 Å². The fourth-order valence-electron chi connectivity index (χ4n) is 2.98.